The van der Waals surface area contributed by atoms with Gasteiger partial charge in [-0.15, -0.1) is 45.3 Å². The van der Waals surface area contributed by atoms with Gasteiger partial charge in [-0.05, 0) is 74.2 Å². The highest BCUT2D eigenvalue weighted by Crippen LogP contribution is 2.31. The fourth-order valence-corrected chi connectivity index (χ4v) is 7.74. The van der Waals surface area contributed by atoms with Crippen molar-refractivity contribution in [3.8, 4) is 19.8 Å². The zero-order valence-electron chi connectivity index (χ0n) is 27.5. The van der Waals surface area contributed by atoms with Crippen LogP contribution >= 0.6 is 45.3 Å². The second-order valence-electron chi connectivity index (χ2n) is 11.2. The minimum Gasteiger partial charge on any atom is -0.322 e. The van der Waals surface area contributed by atoms with Gasteiger partial charge in [-0.25, -0.2) is 9.97 Å². The number of thiophene rings is 2. The third-order valence-electron chi connectivity index (χ3n) is 7.55. The van der Waals surface area contributed by atoms with Gasteiger partial charge in [0.1, 0.15) is 10.0 Å². The van der Waals surface area contributed by atoms with Crippen LogP contribution in [0.1, 0.15) is 67.9 Å². The summed E-state index contributed by atoms with van der Waals surface area (Å²) in [5, 5.41) is 23.9. The first kappa shape index (κ1) is 39.8. The summed E-state index contributed by atoms with van der Waals surface area (Å²) in [5.41, 5.74) is 17.9. The SMILES string of the molecule is C.CC[C@@H](C)NC.Cc1ccc(C[C@H](N)c2csc(-c3cccs3)n2)cc1.N[C@@H](Cc1ccc([N+](=O)[O-])cc1)c1csc(-c2cccs2)n1. The molecule has 49 heavy (non-hydrogen) atoms. The third-order valence-corrected chi connectivity index (χ3v) is 11.4. The summed E-state index contributed by atoms with van der Waals surface area (Å²) >= 11 is 6.62. The van der Waals surface area contributed by atoms with Crippen LogP contribution in [0, 0.1) is 17.0 Å². The van der Waals surface area contributed by atoms with Crippen LogP contribution in [-0.2, 0) is 12.8 Å². The number of nitrogens with zero attached hydrogens (tertiary/aromatic N) is 3. The maximum absolute atomic E-state index is 10.6. The molecule has 0 saturated carbocycles. The van der Waals surface area contributed by atoms with Crippen molar-refractivity contribution in [1.82, 2.24) is 15.3 Å². The van der Waals surface area contributed by atoms with Crippen LogP contribution in [-0.4, -0.2) is 28.0 Å². The molecule has 0 radical (unpaired) electrons. The highest BCUT2D eigenvalue weighted by atomic mass is 32.1. The lowest BCUT2D eigenvalue weighted by Crippen LogP contribution is -2.19. The Balaban J connectivity index is 0.000000225. The van der Waals surface area contributed by atoms with Gasteiger partial charge in [0.05, 0.1) is 38.1 Å². The minimum absolute atomic E-state index is 0. The smallest absolute Gasteiger partial charge is 0.269 e. The van der Waals surface area contributed by atoms with Gasteiger partial charge >= 0.3 is 0 Å². The number of rotatable bonds is 11. The average Bonchev–Trinajstić information content (AvgIpc) is 3.93. The molecule has 8 nitrogen and oxygen atoms in total. The molecule has 6 aromatic rings. The molecule has 0 spiro atoms. The van der Waals surface area contributed by atoms with Crippen LogP contribution in [0.15, 0.2) is 94.3 Å². The number of benzene rings is 2. The zero-order valence-corrected chi connectivity index (χ0v) is 30.8. The quantitative estimate of drug-likeness (QED) is 0.0891. The molecule has 3 atom stereocenters. The molecule has 6 rings (SSSR count). The van der Waals surface area contributed by atoms with E-state index in [9.17, 15) is 10.1 Å². The first-order valence-corrected chi connectivity index (χ1v) is 19.1. The normalized spacial score (nSPS) is 12.4. The van der Waals surface area contributed by atoms with Crippen LogP contribution in [0.25, 0.3) is 19.8 Å². The van der Waals surface area contributed by atoms with Crippen molar-refractivity contribution in [3.63, 3.8) is 0 Å². The van der Waals surface area contributed by atoms with E-state index in [1.807, 2.05) is 36.0 Å². The Bertz CT molecular complexity index is 1780. The number of hydrogen-bond acceptors (Lipinski definition) is 11. The van der Waals surface area contributed by atoms with Crippen LogP contribution in [0.5, 0.6) is 0 Å². The molecule has 4 heterocycles. The van der Waals surface area contributed by atoms with Crippen LogP contribution < -0.4 is 16.8 Å². The molecule has 0 aliphatic heterocycles. The highest BCUT2D eigenvalue weighted by molar-refractivity contribution is 7.20. The minimum atomic E-state index is -0.405. The molecular weight excluding hydrogens is 689 g/mol. The van der Waals surface area contributed by atoms with Gasteiger partial charge in [0.15, 0.2) is 0 Å². The molecule has 0 unspecified atom stereocenters. The molecule has 12 heteroatoms. The predicted octanol–water partition coefficient (Wildman–Crippen LogP) is 10.1. The second kappa shape index (κ2) is 20.1. The monoisotopic (exact) mass is 734 g/mol. The van der Waals surface area contributed by atoms with Crippen molar-refractivity contribution in [1.29, 1.82) is 0 Å². The lowest BCUT2D eigenvalue weighted by molar-refractivity contribution is -0.384. The number of nitro benzene ring substituents is 1. The first-order chi connectivity index (χ1) is 23.2. The number of aromatic nitrogens is 2. The maximum atomic E-state index is 10.6. The van der Waals surface area contributed by atoms with Gasteiger partial charge < -0.3 is 16.8 Å². The van der Waals surface area contributed by atoms with Crippen molar-refractivity contribution in [2.24, 2.45) is 11.5 Å². The number of aryl methyl sites for hydroxylation is 1. The zero-order chi connectivity index (χ0) is 34.5. The fourth-order valence-electron chi connectivity index (χ4n) is 4.34. The standard InChI is InChI=1S/C16H16N2S2.C15H13N3O2S2.C5H13N.CH4/c1-11-4-6-12(7-5-11)9-13(17)14-10-20-16(18-14)15-3-2-8-19-15;16-12(8-10-3-5-11(6-4-10)18(19)20)13-9-22-15(17-13)14-2-1-7-21-14;1-4-5(2)6-3;/h2-8,10,13H,9,17H2,1H3;1-7,9,12H,8,16H2;5-6H,4H2,1-3H3;1H4/t13-;12-;5-;/m001./s1. The van der Waals surface area contributed by atoms with Crippen LogP contribution in [0.2, 0.25) is 0 Å². The van der Waals surface area contributed by atoms with E-state index >= 15 is 0 Å². The van der Waals surface area contributed by atoms with E-state index in [-0.39, 0.29) is 25.2 Å². The van der Waals surface area contributed by atoms with Crippen LogP contribution in [0.3, 0.4) is 0 Å². The Morgan fingerprint density at radius 2 is 1.22 bits per heavy atom. The summed E-state index contributed by atoms with van der Waals surface area (Å²) in [6.07, 6.45) is 2.65. The number of nitro groups is 1. The van der Waals surface area contributed by atoms with Crippen molar-refractivity contribution in [2.45, 2.75) is 65.6 Å². The Kier molecular flexibility index (Phi) is 16.4. The van der Waals surface area contributed by atoms with Gasteiger partial charge in [0.2, 0.25) is 0 Å². The summed E-state index contributed by atoms with van der Waals surface area (Å²) in [7, 11) is 1.98. The Morgan fingerprint density at radius 1 is 0.776 bits per heavy atom. The van der Waals surface area contributed by atoms with E-state index in [2.05, 4.69) is 77.1 Å². The second-order valence-corrected chi connectivity index (χ2v) is 14.8. The van der Waals surface area contributed by atoms with Gasteiger partial charge in [0, 0.05) is 28.9 Å². The summed E-state index contributed by atoms with van der Waals surface area (Å²) in [6.45, 7) is 6.43. The Morgan fingerprint density at radius 3 is 1.57 bits per heavy atom. The Labute approximate surface area is 306 Å². The number of nitrogens with one attached hydrogen (secondary N) is 1. The first-order valence-electron chi connectivity index (χ1n) is 15.6. The molecule has 4 aromatic heterocycles. The fraction of sp³-hybridized carbons (Fsp3) is 0.297. The summed E-state index contributed by atoms with van der Waals surface area (Å²) in [6, 6.07) is 23.6. The lowest BCUT2D eigenvalue weighted by Gasteiger charge is -2.09. The molecular formula is C37H46N6O2S4. The molecule has 0 aliphatic carbocycles. The van der Waals surface area contributed by atoms with Crippen molar-refractivity contribution in [3.05, 3.63) is 133 Å². The van der Waals surface area contributed by atoms with E-state index in [1.165, 1.54) is 34.6 Å². The molecule has 0 saturated heterocycles. The number of hydrogen-bond donors (Lipinski definition) is 3. The lowest BCUT2D eigenvalue weighted by atomic mass is 10.0. The molecule has 5 N–H and O–H groups in total. The van der Waals surface area contributed by atoms with Crippen LogP contribution in [0.4, 0.5) is 5.69 Å². The summed E-state index contributed by atoms with van der Waals surface area (Å²) < 4.78 is 0. The predicted molar refractivity (Wildman–Crippen MR) is 212 cm³/mol. The van der Waals surface area contributed by atoms with E-state index in [4.69, 9.17) is 11.5 Å². The largest absolute Gasteiger partial charge is 0.322 e. The van der Waals surface area contributed by atoms with E-state index in [0.717, 1.165) is 38.3 Å². The topological polar surface area (TPSA) is 133 Å². The van der Waals surface area contributed by atoms with Crippen molar-refractivity contribution < 1.29 is 4.92 Å². The van der Waals surface area contributed by atoms with Crippen molar-refractivity contribution in [2.75, 3.05) is 7.05 Å². The molecule has 0 amide bonds. The van der Waals surface area contributed by atoms with E-state index < -0.39 is 4.92 Å². The molecule has 2 aromatic carbocycles. The highest BCUT2D eigenvalue weighted by Gasteiger charge is 2.15. The molecule has 0 fully saturated rings. The molecule has 260 valence electrons. The van der Waals surface area contributed by atoms with Gasteiger partial charge in [-0.1, -0.05) is 68.4 Å². The number of thiazole rings is 2. The summed E-state index contributed by atoms with van der Waals surface area (Å²) in [4.78, 5) is 21.8. The van der Waals surface area contributed by atoms with Gasteiger partial charge in [0.25, 0.3) is 5.69 Å². The molecule has 0 bridgehead atoms. The van der Waals surface area contributed by atoms with Crippen molar-refractivity contribution >= 4 is 51.0 Å². The number of non-ortho nitro benzene ring substituents is 1. The molecule has 0 aliphatic rings. The average molecular weight is 735 g/mol. The maximum Gasteiger partial charge on any atom is 0.269 e. The Hall–Kier alpha value is -3.62. The van der Waals surface area contributed by atoms with Gasteiger partial charge in [-0.2, -0.15) is 0 Å². The number of nitrogens with two attached hydrogens (primary N) is 2. The van der Waals surface area contributed by atoms with E-state index in [0.29, 0.717) is 12.5 Å². The van der Waals surface area contributed by atoms with E-state index in [1.54, 1.807) is 57.5 Å². The van der Waals surface area contributed by atoms with Gasteiger partial charge in [-0.3, -0.25) is 10.1 Å². The third kappa shape index (κ3) is 12.3. The summed E-state index contributed by atoms with van der Waals surface area (Å²) in [5.74, 6) is 0.